The number of nitrogens with two attached hydrogens (primary N) is 1. The number of aryl methyl sites for hydroxylation is 2. The SMILES string of the molecule is Cc1cc(C(Cc2cncs2)NN)sc1C. The summed E-state index contributed by atoms with van der Waals surface area (Å²) in [7, 11) is 0. The summed E-state index contributed by atoms with van der Waals surface area (Å²) in [5.74, 6) is 5.62. The molecule has 2 aromatic heterocycles. The molecule has 3 N–H and O–H groups in total. The molecule has 0 fully saturated rings. The van der Waals surface area contributed by atoms with Crippen LogP contribution in [0.3, 0.4) is 0 Å². The fourth-order valence-electron chi connectivity index (χ4n) is 1.56. The molecule has 0 bridgehead atoms. The second kappa shape index (κ2) is 5.05. The molecule has 2 heterocycles. The van der Waals surface area contributed by atoms with E-state index in [1.165, 1.54) is 20.2 Å². The molecule has 16 heavy (non-hydrogen) atoms. The zero-order chi connectivity index (χ0) is 11.5. The van der Waals surface area contributed by atoms with Gasteiger partial charge >= 0.3 is 0 Å². The van der Waals surface area contributed by atoms with Crippen molar-refractivity contribution in [2.75, 3.05) is 0 Å². The van der Waals surface area contributed by atoms with Gasteiger partial charge in [-0.1, -0.05) is 0 Å². The quantitative estimate of drug-likeness (QED) is 0.650. The lowest BCUT2D eigenvalue weighted by Crippen LogP contribution is -2.28. The van der Waals surface area contributed by atoms with Crippen molar-refractivity contribution in [2.45, 2.75) is 26.3 Å². The molecule has 0 radical (unpaired) electrons. The summed E-state index contributed by atoms with van der Waals surface area (Å²) in [5.41, 5.74) is 6.08. The number of nitrogens with zero attached hydrogens (tertiary/aromatic N) is 1. The van der Waals surface area contributed by atoms with Gasteiger partial charge in [0.2, 0.25) is 0 Å². The van der Waals surface area contributed by atoms with Crippen LogP contribution in [0.1, 0.15) is 26.2 Å². The molecule has 3 nitrogen and oxygen atoms in total. The van der Waals surface area contributed by atoms with Crippen molar-refractivity contribution in [3.8, 4) is 0 Å². The van der Waals surface area contributed by atoms with E-state index in [0.717, 1.165) is 6.42 Å². The van der Waals surface area contributed by atoms with Crippen LogP contribution in [0.4, 0.5) is 0 Å². The third-order valence-corrected chi connectivity index (χ3v) is 4.69. The standard InChI is InChI=1S/C11H15N3S2/c1-7-3-11(16-8(7)2)10(14-12)4-9-5-13-6-15-9/h3,5-6,10,14H,4,12H2,1-2H3. The molecule has 86 valence electrons. The highest BCUT2D eigenvalue weighted by Crippen LogP contribution is 2.28. The van der Waals surface area contributed by atoms with Crippen LogP contribution in [0.25, 0.3) is 0 Å². The average Bonchev–Trinajstić information content (AvgIpc) is 2.86. The Hall–Kier alpha value is -0.750. The number of hydrogen-bond donors (Lipinski definition) is 2. The largest absolute Gasteiger partial charge is 0.271 e. The van der Waals surface area contributed by atoms with E-state index in [2.05, 4.69) is 30.3 Å². The number of hydrogen-bond acceptors (Lipinski definition) is 5. The highest BCUT2D eigenvalue weighted by atomic mass is 32.1. The highest BCUT2D eigenvalue weighted by Gasteiger charge is 2.14. The summed E-state index contributed by atoms with van der Waals surface area (Å²) in [6.45, 7) is 4.28. The Morgan fingerprint density at radius 2 is 2.31 bits per heavy atom. The number of nitrogens with one attached hydrogen (secondary N) is 1. The van der Waals surface area contributed by atoms with Gasteiger partial charge in [0.1, 0.15) is 0 Å². The smallest absolute Gasteiger partial charge is 0.0794 e. The van der Waals surface area contributed by atoms with Crippen molar-refractivity contribution in [1.82, 2.24) is 10.4 Å². The molecule has 0 aromatic carbocycles. The van der Waals surface area contributed by atoms with Gasteiger partial charge in [-0.2, -0.15) is 0 Å². The Balaban J connectivity index is 2.16. The van der Waals surface area contributed by atoms with Gasteiger partial charge in [0.05, 0.1) is 11.6 Å². The maximum absolute atomic E-state index is 5.62. The number of hydrazine groups is 1. The average molecular weight is 253 g/mol. The van der Waals surface area contributed by atoms with Crippen LogP contribution in [0.2, 0.25) is 0 Å². The Labute approximate surface area is 103 Å². The molecule has 2 rings (SSSR count). The van der Waals surface area contributed by atoms with E-state index >= 15 is 0 Å². The van der Waals surface area contributed by atoms with Crippen molar-refractivity contribution < 1.29 is 0 Å². The summed E-state index contributed by atoms with van der Waals surface area (Å²) in [4.78, 5) is 7.99. The molecule has 5 heteroatoms. The molecular formula is C11H15N3S2. The van der Waals surface area contributed by atoms with Crippen molar-refractivity contribution >= 4 is 22.7 Å². The minimum atomic E-state index is 0.192. The normalized spacial score (nSPS) is 12.9. The number of aromatic nitrogens is 1. The number of thiophene rings is 1. The van der Waals surface area contributed by atoms with Gasteiger partial charge in [-0.25, -0.2) is 0 Å². The van der Waals surface area contributed by atoms with Crippen LogP contribution in [0.15, 0.2) is 17.8 Å². The maximum Gasteiger partial charge on any atom is 0.0794 e. The third kappa shape index (κ3) is 2.49. The lowest BCUT2D eigenvalue weighted by molar-refractivity contribution is 0.564. The number of thiazole rings is 1. The second-order valence-electron chi connectivity index (χ2n) is 3.78. The van der Waals surface area contributed by atoms with E-state index < -0.39 is 0 Å². The van der Waals surface area contributed by atoms with Crippen molar-refractivity contribution in [3.05, 3.63) is 38.0 Å². The Bertz CT molecular complexity index is 428. The topological polar surface area (TPSA) is 50.9 Å². The van der Waals surface area contributed by atoms with Crippen LogP contribution in [0.5, 0.6) is 0 Å². The molecule has 0 spiro atoms. The van der Waals surface area contributed by atoms with E-state index in [9.17, 15) is 0 Å². The van der Waals surface area contributed by atoms with Crippen molar-refractivity contribution in [3.63, 3.8) is 0 Å². The molecule has 1 unspecified atom stereocenters. The molecule has 0 aliphatic carbocycles. The van der Waals surface area contributed by atoms with E-state index in [1.807, 2.05) is 23.0 Å². The molecule has 0 saturated carbocycles. The van der Waals surface area contributed by atoms with E-state index in [-0.39, 0.29) is 6.04 Å². The van der Waals surface area contributed by atoms with Gasteiger partial charge in [0.15, 0.2) is 0 Å². The Morgan fingerprint density at radius 1 is 1.50 bits per heavy atom. The zero-order valence-corrected chi connectivity index (χ0v) is 11.0. The fourth-order valence-corrected chi connectivity index (χ4v) is 3.30. The first-order valence-corrected chi connectivity index (χ1v) is 6.80. The van der Waals surface area contributed by atoms with Gasteiger partial charge < -0.3 is 0 Å². The molecule has 0 saturated heterocycles. The Morgan fingerprint density at radius 3 is 2.81 bits per heavy atom. The maximum atomic E-state index is 5.62. The molecule has 1 atom stereocenters. The van der Waals surface area contributed by atoms with Crippen molar-refractivity contribution in [1.29, 1.82) is 0 Å². The molecule has 0 aliphatic rings. The first-order valence-electron chi connectivity index (χ1n) is 5.11. The van der Waals surface area contributed by atoms with E-state index in [0.29, 0.717) is 0 Å². The van der Waals surface area contributed by atoms with Gasteiger partial charge in [-0.3, -0.25) is 16.3 Å². The van der Waals surface area contributed by atoms with Crippen LogP contribution >= 0.6 is 22.7 Å². The predicted molar refractivity (Wildman–Crippen MR) is 69.7 cm³/mol. The van der Waals surface area contributed by atoms with Crippen LogP contribution in [-0.2, 0) is 6.42 Å². The van der Waals surface area contributed by atoms with Crippen LogP contribution in [0, 0.1) is 13.8 Å². The zero-order valence-electron chi connectivity index (χ0n) is 9.36. The monoisotopic (exact) mass is 253 g/mol. The lowest BCUT2D eigenvalue weighted by Gasteiger charge is -2.12. The lowest BCUT2D eigenvalue weighted by atomic mass is 10.1. The Kier molecular flexibility index (Phi) is 3.70. The summed E-state index contributed by atoms with van der Waals surface area (Å²) >= 11 is 3.48. The summed E-state index contributed by atoms with van der Waals surface area (Å²) in [6, 6.07) is 2.41. The predicted octanol–water partition coefficient (Wildman–Crippen LogP) is 2.57. The summed E-state index contributed by atoms with van der Waals surface area (Å²) in [5, 5.41) is 0. The van der Waals surface area contributed by atoms with Gasteiger partial charge in [-0.15, -0.1) is 22.7 Å². The molecule has 0 amide bonds. The first-order chi connectivity index (χ1) is 7.70. The van der Waals surface area contributed by atoms with Gasteiger partial charge in [0, 0.05) is 27.2 Å². The van der Waals surface area contributed by atoms with Crippen LogP contribution in [-0.4, -0.2) is 4.98 Å². The van der Waals surface area contributed by atoms with E-state index in [1.54, 1.807) is 11.3 Å². The van der Waals surface area contributed by atoms with Crippen molar-refractivity contribution in [2.24, 2.45) is 5.84 Å². The highest BCUT2D eigenvalue weighted by molar-refractivity contribution is 7.12. The third-order valence-electron chi connectivity index (χ3n) is 2.62. The van der Waals surface area contributed by atoms with E-state index in [4.69, 9.17) is 5.84 Å². The minimum Gasteiger partial charge on any atom is -0.271 e. The molecular weight excluding hydrogens is 238 g/mol. The minimum absolute atomic E-state index is 0.192. The molecule has 0 aliphatic heterocycles. The van der Waals surface area contributed by atoms with Gasteiger partial charge in [-0.05, 0) is 25.5 Å². The second-order valence-corrected chi connectivity index (χ2v) is 6.04. The summed E-state index contributed by atoms with van der Waals surface area (Å²) < 4.78 is 0. The van der Waals surface area contributed by atoms with Crippen LogP contribution < -0.4 is 11.3 Å². The first kappa shape index (κ1) is 11.7. The molecule has 2 aromatic rings. The number of rotatable bonds is 4. The fraction of sp³-hybridized carbons (Fsp3) is 0.364. The summed E-state index contributed by atoms with van der Waals surface area (Å²) in [6.07, 6.45) is 2.81. The van der Waals surface area contributed by atoms with Gasteiger partial charge in [0.25, 0.3) is 0 Å².